The van der Waals surface area contributed by atoms with Gasteiger partial charge in [-0.15, -0.1) is 0 Å². The molecule has 2 heterocycles. The van der Waals surface area contributed by atoms with Crippen molar-refractivity contribution in [2.75, 3.05) is 0 Å². The highest BCUT2D eigenvalue weighted by Crippen LogP contribution is 2.44. The van der Waals surface area contributed by atoms with Gasteiger partial charge in [0.1, 0.15) is 0 Å². The van der Waals surface area contributed by atoms with Gasteiger partial charge in [0.15, 0.2) is 0 Å². The first-order valence-electron chi connectivity index (χ1n) is 8.46. The van der Waals surface area contributed by atoms with Crippen molar-refractivity contribution in [1.29, 1.82) is 0 Å². The zero-order valence-corrected chi connectivity index (χ0v) is 13.6. The normalized spacial score (nSPS) is 15.3. The van der Waals surface area contributed by atoms with E-state index in [1.165, 1.54) is 53.4 Å². The number of rotatable bonds is 3. The molecular formula is C21H22N2. The molecule has 4 rings (SSSR count). The molecule has 0 amide bonds. The first kappa shape index (κ1) is 14.3. The fourth-order valence-corrected chi connectivity index (χ4v) is 4.05. The molecule has 0 spiro atoms. The maximum atomic E-state index is 4.64. The second kappa shape index (κ2) is 5.69. The first-order valence-corrected chi connectivity index (χ1v) is 8.46. The van der Waals surface area contributed by atoms with E-state index in [2.05, 4.69) is 53.5 Å². The minimum Gasteiger partial charge on any atom is -0.342 e. The second-order valence-electron chi connectivity index (χ2n) is 6.50. The Balaban J connectivity index is 2.04. The molecule has 0 saturated heterocycles. The number of fused-ring (bicyclic) bond motifs is 1. The molecule has 116 valence electrons. The minimum atomic E-state index is 0.658. The van der Waals surface area contributed by atoms with Crippen molar-refractivity contribution >= 4 is 17.0 Å². The number of pyridine rings is 1. The summed E-state index contributed by atoms with van der Waals surface area (Å²) < 4.78 is 2.32. The zero-order valence-electron chi connectivity index (χ0n) is 13.6. The minimum absolute atomic E-state index is 0.658. The van der Waals surface area contributed by atoms with Crippen LogP contribution in [0.25, 0.3) is 28.4 Å². The van der Waals surface area contributed by atoms with Crippen molar-refractivity contribution in [1.82, 2.24) is 9.55 Å². The Labute approximate surface area is 137 Å². The molecule has 1 aromatic carbocycles. The summed E-state index contributed by atoms with van der Waals surface area (Å²) in [6.45, 7) is 3.91. The summed E-state index contributed by atoms with van der Waals surface area (Å²) in [6, 6.07) is 12.9. The Morgan fingerprint density at radius 1 is 1.17 bits per heavy atom. The summed E-state index contributed by atoms with van der Waals surface area (Å²) in [4.78, 5) is 4.64. The quantitative estimate of drug-likeness (QED) is 0.621. The van der Waals surface area contributed by atoms with Crippen molar-refractivity contribution < 1.29 is 0 Å². The molecule has 1 aliphatic carbocycles. The van der Waals surface area contributed by atoms with E-state index in [1.54, 1.807) is 0 Å². The van der Waals surface area contributed by atoms with Gasteiger partial charge in [0.2, 0.25) is 0 Å². The molecule has 0 N–H and O–H groups in total. The van der Waals surface area contributed by atoms with E-state index >= 15 is 0 Å². The van der Waals surface area contributed by atoms with Gasteiger partial charge in [-0.25, -0.2) is 0 Å². The lowest BCUT2D eigenvalue weighted by Crippen LogP contribution is -1.99. The van der Waals surface area contributed by atoms with Crippen LogP contribution in [-0.4, -0.2) is 9.55 Å². The van der Waals surface area contributed by atoms with E-state index in [9.17, 15) is 0 Å². The summed E-state index contributed by atoms with van der Waals surface area (Å²) >= 11 is 0. The van der Waals surface area contributed by atoms with Crippen molar-refractivity contribution in [2.24, 2.45) is 7.05 Å². The SMILES string of the molecule is C=Cc1ccc2c(C3CCCC3)c(-c3ccccn3)n(C)c2c1. The molecule has 2 nitrogen and oxygen atoms in total. The highest BCUT2D eigenvalue weighted by molar-refractivity contribution is 5.93. The van der Waals surface area contributed by atoms with Crippen LogP contribution in [0.3, 0.4) is 0 Å². The van der Waals surface area contributed by atoms with E-state index in [0.717, 1.165) is 5.69 Å². The predicted octanol–water partition coefficient (Wildman–Crippen LogP) is 5.54. The van der Waals surface area contributed by atoms with Crippen LogP contribution >= 0.6 is 0 Å². The third kappa shape index (κ3) is 2.29. The molecule has 0 atom stereocenters. The Morgan fingerprint density at radius 3 is 2.70 bits per heavy atom. The van der Waals surface area contributed by atoms with Crippen LogP contribution in [0.1, 0.15) is 42.7 Å². The Hall–Kier alpha value is -2.35. The predicted molar refractivity (Wildman–Crippen MR) is 97.5 cm³/mol. The van der Waals surface area contributed by atoms with Gasteiger partial charge in [0.25, 0.3) is 0 Å². The first-order chi connectivity index (χ1) is 11.3. The van der Waals surface area contributed by atoms with Gasteiger partial charge in [0, 0.05) is 24.1 Å². The number of hydrogen-bond acceptors (Lipinski definition) is 1. The third-order valence-electron chi connectivity index (χ3n) is 5.17. The standard InChI is InChI=1S/C21H22N2/c1-3-15-11-12-17-19(14-15)23(2)21(18-10-6-7-13-22-18)20(17)16-8-4-5-9-16/h3,6-7,10-14,16H,1,4-5,8-9H2,2H3. The van der Waals surface area contributed by atoms with Crippen LogP contribution in [0.15, 0.2) is 49.2 Å². The molecule has 2 heteroatoms. The maximum Gasteiger partial charge on any atom is 0.0869 e. The van der Waals surface area contributed by atoms with Crippen LogP contribution in [0.5, 0.6) is 0 Å². The molecule has 3 aromatic rings. The molecule has 0 aliphatic heterocycles. The highest BCUT2D eigenvalue weighted by atomic mass is 15.0. The van der Waals surface area contributed by atoms with Crippen molar-refractivity contribution in [3.05, 3.63) is 60.3 Å². The van der Waals surface area contributed by atoms with E-state index in [0.29, 0.717) is 5.92 Å². The zero-order chi connectivity index (χ0) is 15.8. The number of aryl methyl sites for hydroxylation is 1. The lowest BCUT2D eigenvalue weighted by molar-refractivity contribution is 0.726. The Kier molecular flexibility index (Phi) is 3.53. The van der Waals surface area contributed by atoms with Gasteiger partial charge in [-0.2, -0.15) is 0 Å². The van der Waals surface area contributed by atoms with Gasteiger partial charge < -0.3 is 4.57 Å². The van der Waals surface area contributed by atoms with Crippen LogP contribution in [0.4, 0.5) is 0 Å². The largest absolute Gasteiger partial charge is 0.342 e. The van der Waals surface area contributed by atoms with Crippen LogP contribution in [-0.2, 0) is 7.05 Å². The monoisotopic (exact) mass is 302 g/mol. The third-order valence-corrected chi connectivity index (χ3v) is 5.17. The van der Waals surface area contributed by atoms with Crippen molar-refractivity contribution in [3.63, 3.8) is 0 Å². The number of benzene rings is 1. The lowest BCUT2D eigenvalue weighted by atomic mass is 9.93. The fourth-order valence-electron chi connectivity index (χ4n) is 4.05. The van der Waals surface area contributed by atoms with Crippen molar-refractivity contribution in [2.45, 2.75) is 31.6 Å². The van der Waals surface area contributed by atoms with E-state index in [4.69, 9.17) is 0 Å². The van der Waals surface area contributed by atoms with Gasteiger partial charge >= 0.3 is 0 Å². The van der Waals surface area contributed by atoms with E-state index < -0.39 is 0 Å². The van der Waals surface area contributed by atoms with Crippen LogP contribution in [0.2, 0.25) is 0 Å². The lowest BCUT2D eigenvalue weighted by Gasteiger charge is -2.13. The summed E-state index contributed by atoms with van der Waals surface area (Å²) in [6.07, 6.45) is 9.08. The van der Waals surface area contributed by atoms with Gasteiger partial charge in [-0.05, 0) is 48.1 Å². The maximum absolute atomic E-state index is 4.64. The molecule has 1 saturated carbocycles. The van der Waals surface area contributed by atoms with Gasteiger partial charge in [-0.3, -0.25) is 4.98 Å². The summed E-state index contributed by atoms with van der Waals surface area (Å²) in [5.74, 6) is 0.658. The molecule has 2 aromatic heterocycles. The molecule has 0 radical (unpaired) electrons. The second-order valence-corrected chi connectivity index (χ2v) is 6.50. The van der Waals surface area contributed by atoms with Gasteiger partial charge in [0.05, 0.1) is 11.4 Å². The van der Waals surface area contributed by atoms with Crippen LogP contribution in [0, 0.1) is 0 Å². The number of aromatic nitrogens is 2. The van der Waals surface area contributed by atoms with Crippen molar-refractivity contribution in [3.8, 4) is 11.4 Å². The topological polar surface area (TPSA) is 17.8 Å². The molecule has 23 heavy (non-hydrogen) atoms. The fraction of sp³-hybridized carbons (Fsp3) is 0.286. The number of nitrogens with zero attached hydrogens (tertiary/aromatic N) is 2. The molecule has 1 aliphatic rings. The molecular weight excluding hydrogens is 280 g/mol. The molecule has 0 unspecified atom stereocenters. The molecule has 1 fully saturated rings. The Morgan fingerprint density at radius 2 is 2.00 bits per heavy atom. The summed E-state index contributed by atoms with van der Waals surface area (Å²) in [5, 5.41) is 1.38. The highest BCUT2D eigenvalue weighted by Gasteiger charge is 2.26. The summed E-state index contributed by atoms with van der Waals surface area (Å²) in [7, 11) is 2.16. The van der Waals surface area contributed by atoms with E-state index in [-0.39, 0.29) is 0 Å². The smallest absolute Gasteiger partial charge is 0.0869 e. The van der Waals surface area contributed by atoms with E-state index in [1.807, 2.05) is 18.3 Å². The average molecular weight is 302 g/mol. The summed E-state index contributed by atoms with van der Waals surface area (Å²) in [5.41, 5.74) is 6.31. The molecule has 0 bridgehead atoms. The van der Waals surface area contributed by atoms with Gasteiger partial charge in [-0.1, -0.05) is 43.7 Å². The average Bonchev–Trinajstić information content (AvgIpc) is 3.22. The number of hydrogen-bond donors (Lipinski definition) is 0. The van der Waals surface area contributed by atoms with Crippen LogP contribution < -0.4 is 0 Å². The Bertz CT molecular complexity index is 852.